The lowest BCUT2D eigenvalue weighted by Crippen LogP contribution is -2.16. The summed E-state index contributed by atoms with van der Waals surface area (Å²) in [7, 11) is 1.57. The SMILES string of the molecule is COc1cc(/C=C/C(=O)Nc2ccccc2-n2cc(Br)cn2)cc2c1OCCO2. The maximum Gasteiger partial charge on any atom is 0.248 e. The van der Waals surface area contributed by atoms with Crippen molar-refractivity contribution < 1.29 is 19.0 Å². The monoisotopic (exact) mass is 455 g/mol. The van der Waals surface area contributed by atoms with Crippen LogP contribution in [0.15, 0.2) is 59.3 Å². The van der Waals surface area contributed by atoms with Gasteiger partial charge in [0.15, 0.2) is 11.5 Å². The van der Waals surface area contributed by atoms with Crippen LogP contribution in [0.1, 0.15) is 5.56 Å². The minimum absolute atomic E-state index is 0.266. The molecule has 0 radical (unpaired) electrons. The van der Waals surface area contributed by atoms with Crippen molar-refractivity contribution in [3.8, 4) is 22.9 Å². The van der Waals surface area contributed by atoms with Crippen LogP contribution in [0.5, 0.6) is 17.2 Å². The number of nitrogens with one attached hydrogen (secondary N) is 1. The van der Waals surface area contributed by atoms with Crippen LogP contribution in [-0.2, 0) is 4.79 Å². The van der Waals surface area contributed by atoms with Gasteiger partial charge < -0.3 is 19.5 Å². The molecule has 1 amide bonds. The van der Waals surface area contributed by atoms with Crippen LogP contribution in [0, 0.1) is 0 Å². The largest absolute Gasteiger partial charge is 0.493 e. The van der Waals surface area contributed by atoms with E-state index in [0.29, 0.717) is 36.1 Å². The number of halogens is 1. The summed E-state index contributed by atoms with van der Waals surface area (Å²) in [5.41, 5.74) is 2.18. The number of aromatic nitrogens is 2. The van der Waals surface area contributed by atoms with Crippen molar-refractivity contribution in [3.63, 3.8) is 0 Å². The summed E-state index contributed by atoms with van der Waals surface area (Å²) < 4.78 is 19.1. The van der Waals surface area contributed by atoms with Crippen molar-refractivity contribution in [1.29, 1.82) is 0 Å². The summed E-state index contributed by atoms with van der Waals surface area (Å²) in [6.45, 7) is 0.956. The van der Waals surface area contributed by atoms with Gasteiger partial charge >= 0.3 is 0 Å². The van der Waals surface area contributed by atoms with Gasteiger partial charge in [0.05, 0.1) is 29.2 Å². The van der Waals surface area contributed by atoms with E-state index < -0.39 is 0 Å². The number of amides is 1. The molecule has 29 heavy (non-hydrogen) atoms. The van der Waals surface area contributed by atoms with Crippen molar-refractivity contribution in [2.75, 3.05) is 25.6 Å². The van der Waals surface area contributed by atoms with E-state index in [1.54, 1.807) is 30.1 Å². The van der Waals surface area contributed by atoms with E-state index in [1.807, 2.05) is 36.5 Å². The number of hydrogen-bond acceptors (Lipinski definition) is 5. The summed E-state index contributed by atoms with van der Waals surface area (Å²) in [6, 6.07) is 11.1. The maximum absolute atomic E-state index is 12.5. The van der Waals surface area contributed by atoms with E-state index in [2.05, 4.69) is 26.3 Å². The highest BCUT2D eigenvalue weighted by molar-refractivity contribution is 9.10. The summed E-state index contributed by atoms with van der Waals surface area (Å²) >= 11 is 3.38. The molecule has 7 nitrogen and oxygen atoms in total. The number of anilines is 1. The number of ether oxygens (including phenoxy) is 3. The molecular weight excluding hydrogens is 438 g/mol. The summed E-state index contributed by atoms with van der Waals surface area (Å²) in [5, 5.41) is 7.16. The first-order valence-electron chi connectivity index (χ1n) is 8.90. The first kappa shape index (κ1) is 19.1. The number of fused-ring (bicyclic) bond motifs is 1. The molecule has 0 unspecified atom stereocenters. The van der Waals surface area contributed by atoms with Gasteiger partial charge in [-0.25, -0.2) is 4.68 Å². The molecule has 4 rings (SSSR count). The van der Waals surface area contributed by atoms with E-state index in [1.165, 1.54) is 6.08 Å². The predicted octanol–water partition coefficient (Wildman–Crippen LogP) is 4.07. The molecule has 1 aliphatic rings. The molecule has 0 bridgehead atoms. The van der Waals surface area contributed by atoms with Gasteiger partial charge in [-0.2, -0.15) is 5.10 Å². The molecule has 8 heteroatoms. The smallest absolute Gasteiger partial charge is 0.248 e. The Balaban J connectivity index is 1.53. The Bertz CT molecular complexity index is 1060. The Hall–Kier alpha value is -3.26. The highest BCUT2D eigenvalue weighted by atomic mass is 79.9. The third kappa shape index (κ3) is 4.27. The second-order valence-electron chi connectivity index (χ2n) is 6.19. The number of hydrogen-bond donors (Lipinski definition) is 1. The Morgan fingerprint density at radius 2 is 2.10 bits per heavy atom. The van der Waals surface area contributed by atoms with E-state index >= 15 is 0 Å². The van der Waals surface area contributed by atoms with Gasteiger partial charge in [-0.3, -0.25) is 4.79 Å². The van der Waals surface area contributed by atoms with Gasteiger partial charge in [-0.15, -0.1) is 0 Å². The fourth-order valence-corrected chi connectivity index (χ4v) is 3.23. The lowest BCUT2D eigenvalue weighted by molar-refractivity contribution is -0.111. The summed E-state index contributed by atoms with van der Waals surface area (Å²) in [5.74, 6) is 1.49. The van der Waals surface area contributed by atoms with Gasteiger partial charge in [-0.05, 0) is 51.8 Å². The molecule has 0 spiro atoms. The van der Waals surface area contributed by atoms with Crippen LogP contribution in [0.3, 0.4) is 0 Å². The van der Waals surface area contributed by atoms with Crippen LogP contribution in [-0.4, -0.2) is 36.0 Å². The second kappa shape index (κ2) is 8.40. The third-order valence-corrected chi connectivity index (χ3v) is 4.65. The Labute approximate surface area is 176 Å². The molecule has 3 aromatic rings. The molecule has 2 aromatic carbocycles. The van der Waals surface area contributed by atoms with E-state index in [-0.39, 0.29) is 5.91 Å². The van der Waals surface area contributed by atoms with Crippen LogP contribution in [0.25, 0.3) is 11.8 Å². The number of rotatable bonds is 5. The number of methoxy groups -OCH3 is 1. The zero-order valence-electron chi connectivity index (χ0n) is 15.6. The highest BCUT2D eigenvalue weighted by Crippen LogP contribution is 2.40. The van der Waals surface area contributed by atoms with Gasteiger partial charge in [0.2, 0.25) is 11.7 Å². The minimum Gasteiger partial charge on any atom is -0.493 e. The minimum atomic E-state index is -0.266. The molecule has 2 heterocycles. The molecule has 0 aliphatic carbocycles. The van der Waals surface area contributed by atoms with Crippen molar-refractivity contribution in [3.05, 3.63) is 64.9 Å². The van der Waals surface area contributed by atoms with Crippen LogP contribution in [0.2, 0.25) is 0 Å². The molecule has 0 saturated heterocycles. The lowest BCUT2D eigenvalue weighted by Gasteiger charge is -2.20. The van der Waals surface area contributed by atoms with Gasteiger partial charge in [-0.1, -0.05) is 12.1 Å². The molecule has 1 aromatic heterocycles. The molecule has 1 N–H and O–H groups in total. The average molecular weight is 456 g/mol. The number of benzene rings is 2. The zero-order valence-corrected chi connectivity index (χ0v) is 17.2. The second-order valence-corrected chi connectivity index (χ2v) is 7.11. The summed E-state index contributed by atoms with van der Waals surface area (Å²) in [4.78, 5) is 12.5. The fraction of sp³-hybridized carbons (Fsp3) is 0.143. The van der Waals surface area contributed by atoms with E-state index in [0.717, 1.165) is 15.7 Å². The third-order valence-electron chi connectivity index (χ3n) is 4.24. The predicted molar refractivity (Wildman–Crippen MR) is 113 cm³/mol. The van der Waals surface area contributed by atoms with Crippen LogP contribution < -0.4 is 19.5 Å². The molecule has 148 valence electrons. The number of carbonyl (C=O) groups is 1. The number of para-hydroxylation sites is 2. The fourth-order valence-electron chi connectivity index (χ4n) is 2.95. The first-order chi connectivity index (χ1) is 14.1. The molecular formula is C21H18BrN3O4. The molecule has 0 atom stereocenters. The highest BCUT2D eigenvalue weighted by Gasteiger charge is 2.18. The van der Waals surface area contributed by atoms with Crippen LogP contribution in [0.4, 0.5) is 5.69 Å². The molecule has 1 aliphatic heterocycles. The number of carbonyl (C=O) groups excluding carboxylic acids is 1. The van der Waals surface area contributed by atoms with Crippen LogP contribution >= 0.6 is 15.9 Å². The quantitative estimate of drug-likeness (QED) is 0.586. The number of nitrogens with zero attached hydrogens (tertiary/aromatic N) is 2. The maximum atomic E-state index is 12.5. The van der Waals surface area contributed by atoms with Gasteiger partial charge in [0.1, 0.15) is 13.2 Å². The lowest BCUT2D eigenvalue weighted by atomic mass is 10.1. The summed E-state index contributed by atoms with van der Waals surface area (Å²) in [6.07, 6.45) is 6.67. The topological polar surface area (TPSA) is 74.6 Å². The van der Waals surface area contributed by atoms with E-state index in [4.69, 9.17) is 14.2 Å². The van der Waals surface area contributed by atoms with Crippen molar-refractivity contribution in [2.45, 2.75) is 0 Å². The van der Waals surface area contributed by atoms with Crippen molar-refractivity contribution in [2.24, 2.45) is 0 Å². The average Bonchev–Trinajstić information content (AvgIpc) is 3.18. The Kier molecular flexibility index (Phi) is 5.53. The molecule has 0 fully saturated rings. The van der Waals surface area contributed by atoms with Gasteiger partial charge in [0, 0.05) is 12.3 Å². The standard InChI is InChI=1S/C21H18BrN3O4/c1-27-18-10-14(11-19-21(18)29-9-8-28-19)6-7-20(26)24-16-4-2-3-5-17(16)25-13-15(22)12-23-25/h2-7,10-13H,8-9H2,1H3,(H,24,26)/b7-6+. The molecule has 0 saturated carbocycles. The Morgan fingerprint density at radius 3 is 2.90 bits per heavy atom. The van der Waals surface area contributed by atoms with Gasteiger partial charge in [0.25, 0.3) is 0 Å². The van der Waals surface area contributed by atoms with Crippen molar-refractivity contribution >= 4 is 33.6 Å². The van der Waals surface area contributed by atoms with E-state index in [9.17, 15) is 4.79 Å². The van der Waals surface area contributed by atoms with Crippen molar-refractivity contribution in [1.82, 2.24) is 9.78 Å². The Morgan fingerprint density at radius 1 is 1.28 bits per heavy atom. The first-order valence-corrected chi connectivity index (χ1v) is 9.69. The normalized spacial score (nSPS) is 12.8. The zero-order chi connectivity index (χ0) is 20.2.